The van der Waals surface area contributed by atoms with Crippen LogP contribution in [0.25, 0.3) is 0 Å². The molecule has 21 heavy (non-hydrogen) atoms. The van der Waals surface area contributed by atoms with Crippen LogP contribution in [0, 0.1) is 17.8 Å². The van der Waals surface area contributed by atoms with Crippen molar-refractivity contribution in [2.45, 2.75) is 38.6 Å². The van der Waals surface area contributed by atoms with E-state index in [0.717, 1.165) is 11.8 Å². The molecule has 0 saturated heterocycles. The maximum absolute atomic E-state index is 12.1. The summed E-state index contributed by atoms with van der Waals surface area (Å²) in [5.41, 5.74) is 0. The van der Waals surface area contributed by atoms with Crippen molar-refractivity contribution in [3.8, 4) is 0 Å². The summed E-state index contributed by atoms with van der Waals surface area (Å²) in [6.45, 7) is 6.06. The van der Waals surface area contributed by atoms with E-state index in [1.807, 2.05) is 0 Å². The second-order valence-corrected chi connectivity index (χ2v) is 6.55. The number of hydrogen-bond acceptors (Lipinski definition) is 3. The molecule has 0 aromatic carbocycles. The molecule has 2 aliphatic carbocycles. The summed E-state index contributed by atoms with van der Waals surface area (Å²) in [7, 11) is 0. The van der Waals surface area contributed by atoms with E-state index >= 15 is 0 Å². The van der Waals surface area contributed by atoms with Crippen LogP contribution in [-0.2, 0) is 9.59 Å². The van der Waals surface area contributed by atoms with Crippen molar-refractivity contribution >= 4 is 11.9 Å². The van der Waals surface area contributed by atoms with Gasteiger partial charge in [0, 0.05) is 12.6 Å². The molecule has 2 saturated carbocycles. The van der Waals surface area contributed by atoms with Crippen LogP contribution in [0.3, 0.4) is 0 Å². The highest BCUT2D eigenvalue weighted by molar-refractivity contribution is 5.79. The van der Waals surface area contributed by atoms with E-state index in [4.69, 9.17) is 5.11 Å². The van der Waals surface area contributed by atoms with E-state index < -0.39 is 5.97 Å². The van der Waals surface area contributed by atoms with Crippen molar-refractivity contribution in [3.63, 3.8) is 0 Å². The Morgan fingerprint density at radius 1 is 1.38 bits per heavy atom. The lowest BCUT2D eigenvalue weighted by molar-refractivity contribution is -0.138. The summed E-state index contributed by atoms with van der Waals surface area (Å²) in [6, 6.07) is 0.184. The van der Waals surface area contributed by atoms with Crippen LogP contribution in [-0.4, -0.2) is 47.6 Å². The molecule has 2 bridgehead atoms. The molecular weight excluding hydrogens is 268 g/mol. The van der Waals surface area contributed by atoms with Gasteiger partial charge in [-0.15, -0.1) is 6.58 Å². The Bertz CT molecular complexity index is 410. The lowest BCUT2D eigenvalue weighted by Gasteiger charge is -2.29. The van der Waals surface area contributed by atoms with E-state index in [1.54, 1.807) is 11.0 Å². The molecule has 5 nitrogen and oxygen atoms in total. The standard InChI is InChI=1S/C16H26N2O3/c1-3-6-18(10-16(20)21)9-15(19)17-11(2)14-8-12-4-5-13(14)7-12/h3,11-14H,1,4-10H2,2H3,(H,17,19)(H,20,21). The number of carboxylic acids is 1. The van der Waals surface area contributed by atoms with Gasteiger partial charge in [0.25, 0.3) is 0 Å². The molecule has 2 aliphatic rings. The third-order valence-corrected chi connectivity index (χ3v) is 4.94. The summed E-state index contributed by atoms with van der Waals surface area (Å²) < 4.78 is 0. The van der Waals surface area contributed by atoms with Crippen LogP contribution in [0.4, 0.5) is 0 Å². The predicted octanol–water partition coefficient (Wildman–Crippen LogP) is 1.50. The molecule has 1 amide bonds. The van der Waals surface area contributed by atoms with E-state index in [0.29, 0.717) is 12.5 Å². The van der Waals surface area contributed by atoms with Crippen molar-refractivity contribution in [1.29, 1.82) is 0 Å². The first-order valence-corrected chi connectivity index (χ1v) is 7.84. The van der Waals surface area contributed by atoms with Gasteiger partial charge in [0.05, 0.1) is 13.1 Å². The van der Waals surface area contributed by atoms with Crippen LogP contribution in [0.15, 0.2) is 12.7 Å². The first-order chi connectivity index (χ1) is 9.99. The fourth-order valence-corrected chi connectivity index (χ4v) is 4.07. The number of nitrogens with zero attached hydrogens (tertiary/aromatic N) is 1. The molecule has 118 valence electrons. The quantitative estimate of drug-likeness (QED) is 0.666. The number of nitrogens with one attached hydrogen (secondary N) is 1. The van der Waals surface area contributed by atoms with Crippen LogP contribution in [0.1, 0.15) is 32.6 Å². The molecule has 5 heteroatoms. The molecule has 0 aliphatic heterocycles. The number of amides is 1. The maximum Gasteiger partial charge on any atom is 0.317 e. The van der Waals surface area contributed by atoms with E-state index in [-0.39, 0.29) is 25.0 Å². The Kier molecular flexibility index (Phi) is 5.39. The zero-order chi connectivity index (χ0) is 15.4. The van der Waals surface area contributed by atoms with Crippen molar-refractivity contribution < 1.29 is 14.7 Å². The lowest BCUT2D eigenvalue weighted by atomic mass is 9.84. The number of carboxylic acid groups (broad SMARTS) is 1. The van der Waals surface area contributed by atoms with E-state index in [1.165, 1.54) is 25.7 Å². The molecule has 0 spiro atoms. The number of carbonyl (C=O) groups is 2. The number of fused-ring (bicyclic) bond motifs is 2. The number of carbonyl (C=O) groups excluding carboxylic acids is 1. The fraction of sp³-hybridized carbons (Fsp3) is 0.750. The molecule has 2 N–H and O–H groups in total. The predicted molar refractivity (Wildman–Crippen MR) is 80.8 cm³/mol. The maximum atomic E-state index is 12.1. The van der Waals surface area contributed by atoms with Crippen LogP contribution in [0.2, 0.25) is 0 Å². The average molecular weight is 294 g/mol. The van der Waals surface area contributed by atoms with Crippen LogP contribution >= 0.6 is 0 Å². The normalized spacial score (nSPS) is 28.6. The summed E-state index contributed by atoms with van der Waals surface area (Å²) >= 11 is 0. The number of aliphatic carboxylic acids is 1. The third kappa shape index (κ3) is 4.30. The first kappa shape index (κ1) is 16.0. The Labute approximate surface area is 126 Å². The highest BCUT2D eigenvalue weighted by Gasteiger charge is 2.42. The minimum atomic E-state index is -0.925. The van der Waals surface area contributed by atoms with Crippen molar-refractivity contribution in [3.05, 3.63) is 12.7 Å². The Balaban J connectivity index is 1.79. The Morgan fingerprint density at radius 3 is 2.67 bits per heavy atom. The van der Waals surface area contributed by atoms with Gasteiger partial charge < -0.3 is 10.4 Å². The number of rotatable bonds is 8. The van der Waals surface area contributed by atoms with Crippen molar-refractivity contribution in [2.24, 2.45) is 17.8 Å². The van der Waals surface area contributed by atoms with Crippen LogP contribution in [0.5, 0.6) is 0 Å². The van der Waals surface area contributed by atoms with Gasteiger partial charge in [-0.3, -0.25) is 14.5 Å². The highest BCUT2D eigenvalue weighted by atomic mass is 16.4. The molecule has 4 atom stereocenters. The molecule has 2 rings (SSSR count). The molecule has 0 aromatic heterocycles. The van der Waals surface area contributed by atoms with E-state index in [9.17, 15) is 9.59 Å². The second kappa shape index (κ2) is 7.07. The van der Waals surface area contributed by atoms with Gasteiger partial charge in [-0.05, 0) is 43.9 Å². The largest absolute Gasteiger partial charge is 0.480 e. The average Bonchev–Trinajstić information content (AvgIpc) is 3.00. The Hall–Kier alpha value is -1.36. The van der Waals surface area contributed by atoms with Gasteiger partial charge in [-0.25, -0.2) is 0 Å². The van der Waals surface area contributed by atoms with Crippen molar-refractivity contribution in [2.75, 3.05) is 19.6 Å². The summed E-state index contributed by atoms with van der Waals surface area (Å²) in [4.78, 5) is 24.5. The van der Waals surface area contributed by atoms with Gasteiger partial charge in [0.15, 0.2) is 0 Å². The zero-order valence-corrected chi connectivity index (χ0v) is 12.8. The smallest absolute Gasteiger partial charge is 0.317 e. The summed E-state index contributed by atoms with van der Waals surface area (Å²) in [5, 5.41) is 11.9. The molecule has 0 aromatic rings. The van der Waals surface area contributed by atoms with Gasteiger partial charge in [-0.1, -0.05) is 12.5 Å². The topological polar surface area (TPSA) is 69.6 Å². The fourth-order valence-electron chi connectivity index (χ4n) is 4.07. The summed E-state index contributed by atoms with van der Waals surface area (Å²) in [6.07, 6.45) is 6.84. The molecular formula is C16H26N2O3. The monoisotopic (exact) mass is 294 g/mol. The third-order valence-electron chi connectivity index (χ3n) is 4.94. The lowest BCUT2D eigenvalue weighted by Crippen LogP contribution is -2.45. The van der Waals surface area contributed by atoms with Gasteiger partial charge in [0.1, 0.15) is 0 Å². The summed E-state index contributed by atoms with van der Waals surface area (Å²) in [5.74, 6) is 1.22. The second-order valence-electron chi connectivity index (χ2n) is 6.55. The minimum Gasteiger partial charge on any atom is -0.480 e. The molecule has 0 heterocycles. The van der Waals surface area contributed by atoms with Gasteiger partial charge in [-0.2, -0.15) is 0 Å². The highest BCUT2D eigenvalue weighted by Crippen LogP contribution is 2.49. The molecule has 0 radical (unpaired) electrons. The van der Waals surface area contributed by atoms with Gasteiger partial charge >= 0.3 is 5.97 Å². The van der Waals surface area contributed by atoms with Gasteiger partial charge in [0.2, 0.25) is 5.91 Å². The molecule has 2 fully saturated rings. The molecule has 4 unspecified atom stereocenters. The van der Waals surface area contributed by atoms with Crippen LogP contribution < -0.4 is 5.32 Å². The number of hydrogen-bond donors (Lipinski definition) is 2. The first-order valence-electron chi connectivity index (χ1n) is 7.84. The Morgan fingerprint density at radius 2 is 2.14 bits per heavy atom. The van der Waals surface area contributed by atoms with Crippen molar-refractivity contribution in [1.82, 2.24) is 10.2 Å². The zero-order valence-electron chi connectivity index (χ0n) is 12.8. The minimum absolute atomic E-state index is 0.0895. The van der Waals surface area contributed by atoms with E-state index in [2.05, 4.69) is 18.8 Å². The SMILES string of the molecule is C=CCN(CC(=O)O)CC(=O)NC(C)C1CC2CCC1C2.